The molecule has 24 heavy (non-hydrogen) atoms. The van der Waals surface area contributed by atoms with E-state index in [1.807, 2.05) is 25.1 Å². The molecule has 3 rings (SSSR count). The lowest BCUT2D eigenvalue weighted by Gasteiger charge is -2.29. The van der Waals surface area contributed by atoms with E-state index in [-0.39, 0.29) is 25.0 Å². The van der Waals surface area contributed by atoms with Crippen molar-refractivity contribution in [2.45, 2.75) is 26.2 Å². The lowest BCUT2D eigenvalue weighted by molar-refractivity contribution is -0.125. The number of anilines is 1. The number of rotatable bonds is 5. The highest BCUT2D eigenvalue weighted by molar-refractivity contribution is 6.02. The molecule has 2 amide bonds. The predicted octanol–water partition coefficient (Wildman–Crippen LogP) is 1.32. The zero-order valence-electron chi connectivity index (χ0n) is 14.2. The Morgan fingerprint density at radius 3 is 2.83 bits per heavy atom. The third-order valence-corrected chi connectivity index (χ3v) is 4.56. The molecule has 0 atom stereocenters. The van der Waals surface area contributed by atoms with Crippen LogP contribution >= 0.6 is 0 Å². The third kappa shape index (κ3) is 4.06. The molecule has 1 N–H and O–H groups in total. The second-order valence-corrected chi connectivity index (χ2v) is 6.49. The summed E-state index contributed by atoms with van der Waals surface area (Å²) in [4.78, 5) is 28.3. The standard InChI is InChI=1S/C18H25N3O3/c1-14-5-6-16-15(11-14)21(18(23)13-24-16)12-17(22)19-7-10-20-8-3-2-4-9-20/h5-6,11H,2-4,7-10,12-13H2,1H3,(H,19,22). The number of carbonyl (C=O) groups excluding carboxylic acids is 2. The number of likely N-dealkylation sites (tertiary alicyclic amines) is 1. The largest absolute Gasteiger partial charge is 0.482 e. The van der Waals surface area contributed by atoms with Crippen LogP contribution in [0, 0.1) is 6.92 Å². The summed E-state index contributed by atoms with van der Waals surface area (Å²) in [5, 5.41) is 2.93. The van der Waals surface area contributed by atoms with Gasteiger partial charge in [-0.15, -0.1) is 0 Å². The highest BCUT2D eigenvalue weighted by Gasteiger charge is 2.27. The average molecular weight is 331 g/mol. The fourth-order valence-corrected chi connectivity index (χ4v) is 3.22. The van der Waals surface area contributed by atoms with Crippen molar-refractivity contribution in [1.29, 1.82) is 0 Å². The predicted molar refractivity (Wildman–Crippen MR) is 92.3 cm³/mol. The second-order valence-electron chi connectivity index (χ2n) is 6.49. The minimum Gasteiger partial charge on any atom is -0.482 e. The SMILES string of the molecule is Cc1ccc2c(c1)N(CC(=O)NCCN1CCCCC1)C(=O)CO2. The van der Waals surface area contributed by atoms with Crippen molar-refractivity contribution >= 4 is 17.5 Å². The van der Waals surface area contributed by atoms with Gasteiger partial charge < -0.3 is 15.0 Å². The summed E-state index contributed by atoms with van der Waals surface area (Å²) in [5.74, 6) is 0.343. The maximum atomic E-state index is 12.2. The molecule has 6 heteroatoms. The molecule has 0 unspecified atom stereocenters. The molecule has 1 aromatic carbocycles. The molecule has 1 fully saturated rings. The first-order chi connectivity index (χ1) is 11.6. The van der Waals surface area contributed by atoms with Gasteiger partial charge in [0.1, 0.15) is 12.3 Å². The van der Waals surface area contributed by atoms with Crippen LogP contribution in [0.25, 0.3) is 0 Å². The molecule has 2 heterocycles. The lowest BCUT2D eigenvalue weighted by atomic mass is 10.1. The maximum absolute atomic E-state index is 12.2. The van der Waals surface area contributed by atoms with Crippen molar-refractivity contribution < 1.29 is 14.3 Å². The number of benzene rings is 1. The summed E-state index contributed by atoms with van der Waals surface area (Å²) in [6, 6.07) is 5.66. The van der Waals surface area contributed by atoms with Gasteiger partial charge in [-0.05, 0) is 50.6 Å². The number of aryl methyl sites for hydroxylation is 1. The summed E-state index contributed by atoms with van der Waals surface area (Å²) >= 11 is 0. The van der Waals surface area contributed by atoms with Crippen molar-refractivity contribution in [3.8, 4) is 5.75 Å². The van der Waals surface area contributed by atoms with Crippen LogP contribution in [0.5, 0.6) is 5.75 Å². The minimum atomic E-state index is -0.181. The fourth-order valence-electron chi connectivity index (χ4n) is 3.22. The number of nitrogens with zero attached hydrogens (tertiary/aromatic N) is 2. The molecule has 1 saturated heterocycles. The molecule has 0 bridgehead atoms. The van der Waals surface area contributed by atoms with E-state index in [1.165, 1.54) is 24.2 Å². The monoisotopic (exact) mass is 331 g/mol. The molecular formula is C18H25N3O3. The molecule has 2 aliphatic rings. The van der Waals surface area contributed by atoms with Gasteiger partial charge in [0, 0.05) is 13.1 Å². The molecular weight excluding hydrogens is 306 g/mol. The summed E-state index contributed by atoms with van der Waals surface area (Å²) < 4.78 is 5.43. The van der Waals surface area contributed by atoms with E-state index in [9.17, 15) is 9.59 Å². The zero-order chi connectivity index (χ0) is 16.9. The highest BCUT2D eigenvalue weighted by Crippen LogP contribution is 2.32. The third-order valence-electron chi connectivity index (χ3n) is 4.56. The van der Waals surface area contributed by atoms with E-state index in [2.05, 4.69) is 10.2 Å². The molecule has 6 nitrogen and oxygen atoms in total. The van der Waals surface area contributed by atoms with E-state index in [0.717, 1.165) is 25.2 Å². The van der Waals surface area contributed by atoms with Gasteiger partial charge in [-0.3, -0.25) is 14.5 Å². The number of piperidine rings is 1. The first-order valence-electron chi connectivity index (χ1n) is 8.66. The number of nitrogens with one attached hydrogen (secondary N) is 1. The summed E-state index contributed by atoms with van der Waals surface area (Å²) in [6.07, 6.45) is 3.79. The topological polar surface area (TPSA) is 61.9 Å². The number of carbonyl (C=O) groups is 2. The summed E-state index contributed by atoms with van der Waals surface area (Å²) in [6.45, 7) is 5.71. The molecule has 0 aromatic heterocycles. The first kappa shape index (κ1) is 16.8. The second kappa shape index (κ2) is 7.66. The Kier molecular flexibility index (Phi) is 5.35. The van der Waals surface area contributed by atoms with E-state index in [4.69, 9.17) is 4.74 Å². The van der Waals surface area contributed by atoms with Crippen molar-refractivity contribution in [2.75, 3.05) is 44.2 Å². The Labute approximate surface area is 142 Å². The van der Waals surface area contributed by atoms with E-state index < -0.39 is 0 Å². The number of ether oxygens (including phenoxy) is 1. The van der Waals surface area contributed by atoms with Crippen molar-refractivity contribution in [3.63, 3.8) is 0 Å². The van der Waals surface area contributed by atoms with Crippen LogP contribution in [0.2, 0.25) is 0 Å². The van der Waals surface area contributed by atoms with Gasteiger partial charge in [0.15, 0.2) is 6.61 Å². The molecule has 0 aliphatic carbocycles. The van der Waals surface area contributed by atoms with Crippen molar-refractivity contribution in [2.24, 2.45) is 0 Å². The molecule has 0 spiro atoms. The highest BCUT2D eigenvalue weighted by atomic mass is 16.5. The Morgan fingerprint density at radius 1 is 1.25 bits per heavy atom. The van der Waals surface area contributed by atoms with E-state index in [1.54, 1.807) is 0 Å². The molecule has 1 aromatic rings. The number of amides is 2. The van der Waals surface area contributed by atoms with Crippen LogP contribution in [-0.2, 0) is 9.59 Å². The van der Waals surface area contributed by atoms with Gasteiger partial charge in [0.05, 0.1) is 5.69 Å². The van der Waals surface area contributed by atoms with Gasteiger partial charge in [-0.2, -0.15) is 0 Å². The van der Waals surface area contributed by atoms with Gasteiger partial charge in [-0.1, -0.05) is 12.5 Å². The first-order valence-corrected chi connectivity index (χ1v) is 8.66. The summed E-state index contributed by atoms with van der Waals surface area (Å²) in [7, 11) is 0. The van der Waals surface area contributed by atoms with Crippen LogP contribution < -0.4 is 15.0 Å². The van der Waals surface area contributed by atoms with Crippen molar-refractivity contribution in [1.82, 2.24) is 10.2 Å². The Bertz CT molecular complexity index is 612. The van der Waals surface area contributed by atoms with Gasteiger partial charge in [-0.25, -0.2) is 0 Å². The fraction of sp³-hybridized carbons (Fsp3) is 0.556. The molecule has 2 aliphatic heterocycles. The lowest BCUT2D eigenvalue weighted by Crippen LogP contribution is -2.46. The quantitative estimate of drug-likeness (QED) is 0.884. The van der Waals surface area contributed by atoms with Crippen molar-refractivity contribution in [3.05, 3.63) is 23.8 Å². The van der Waals surface area contributed by atoms with Gasteiger partial charge in [0.25, 0.3) is 5.91 Å². The normalized spacial score (nSPS) is 18.0. The summed E-state index contributed by atoms with van der Waals surface area (Å²) in [5.41, 5.74) is 1.71. The number of fused-ring (bicyclic) bond motifs is 1. The van der Waals surface area contributed by atoms with Crippen LogP contribution in [0.4, 0.5) is 5.69 Å². The molecule has 130 valence electrons. The Balaban J connectivity index is 1.54. The average Bonchev–Trinajstić information content (AvgIpc) is 2.58. The van der Waals surface area contributed by atoms with Crippen LogP contribution in [-0.4, -0.2) is 56.0 Å². The zero-order valence-corrected chi connectivity index (χ0v) is 14.2. The Morgan fingerprint density at radius 2 is 2.04 bits per heavy atom. The van der Waals surface area contributed by atoms with Crippen LogP contribution in [0.15, 0.2) is 18.2 Å². The van der Waals surface area contributed by atoms with Gasteiger partial charge >= 0.3 is 0 Å². The molecule has 0 radical (unpaired) electrons. The smallest absolute Gasteiger partial charge is 0.265 e. The maximum Gasteiger partial charge on any atom is 0.265 e. The number of hydrogen-bond acceptors (Lipinski definition) is 4. The Hall–Kier alpha value is -2.08. The van der Waals surface area contributed by atoms with E-state index >= 15 is 0 Å². The van der Waals surface area contributed by atoms with Crippen LogP contribution in [0.1, 0.15) is 24.8 Å². The minimum absolute atomic E-state index is 0.0167. The van der Waals surface area contributed by atoms with Crippen LogP contribution in [0.3, 0.4) is 0 Å². The van der Waals surface area contributed by atoms with Gasteiger partial charge in [0.2, 0.25) is 5.91 Å². The number of hydrogen-bond donors (Lipinski definition) is 1. The molecule has 0 saturated carbocycles. The van der Waals surface area contributed by atoms with E-state index in [0.29, 0.717) is 18.0 Å².